The van der Waals surface area contributed by atoms with Gasteiger partial charge in [0.25, 0.3) is 0 Å². The number of nitrogens with zero attached hydrogens (tertiary/aromatic N) is 3. The van der Waals surface area contributed by atoms with Crippen molar-refractivity contribution in [1.82, 2.24) is 9.97 Å². The third-order valence-electron chi connectivity index (χ3n) is 2.96. The van der Waals surface area contributed by atoms with Gasteiger partial charge in [0, 0.05) is 31.2 Å². The lowest BCUT2D eigenvalue weighted by Gasteiger charge is -2.21. The zero-order valence-electron chi connectivity index (χ0n) is 11.3. The maximum Gasteiger partial charge on any atom is 0.137 e. The average Bonchev–Trinajstić information content (AvgIpc) is 2.39. The fraction of sp³-hybridized carbons (Fsp3) is 0.286. The van der Waals surface area contributed by atoms with Gasteiger partial charge in [0.1, 0.15) is 18.0 Å². The molecule has 0 bridgehead atoms. The van der Waals surface area contributed by atoms with Crippen LogP contribution in [0.1, 0.15) is 11.1 Å². The van der Waals surface area contributed by atoms with Crippen LogP contribution >= 0.6 is 11.6 Å². The molecular weight excluding hydrogens is 260 g/mol. The zero-order valence-corrected chi connectivity index (χ0v) is 12.1. The molecule has 0 amide bonds. The Morgan fingerprint density at radius 2 is 2.11 bits per heavy atom. The van der Waals surface area contributed by atoms with Crippen molar-refractivity contribution in [3.63, 3.8) is 0 Å². The molecule has 2 rings (SSSR count). The van der Waals surface area contributed by atoms with Crippen LogP contribution in [0.5, 0.6) is 0 Å². The topological polar surface area (TPSA) is 41.1 Å². The number of aromatic nitrogens is 2. The molecule has 0 spiro atoms. The van der Waals surface area contributed by atoms with Gasteiger partial charge in [-0.2, -0.15) is 0 Å². The van der Waals surface area contributed by atoms with E-state index in [4.69, 9.17) is 11.6 Å². The summed E-state index contributed by atoms with van der Waals surface area (Å²) in [6, 6.07) is 7.85. The number of halogens is 1. The number of hydrogen-bond acceptors (Lipinski definition) is 4. The molecule has 1 N–H and O–H groups in total. The molecule has 0 aliphatic heterocycles. The van der Waals surface area contributed by atoms with Crippen molar-refractivity contribution in [2.75, 3.05) is 24.3 Å². The van der Waals surface area contributed by atoms with E-state index in [-0.39, 0.29) is 0 Å². The van der Waals surface area contributed by atoms with Crippen LogP contribution in [-0.4, -0.2) is 24.1 Å². The van der Waals surface area contributed by atoms with Gasteiger partial charge in [0.2, 0.25) is 0 Å². The minimum atomic E-state index is 0.751. The second-order valence-corrected chi connectivity index (χ2v) is 4.84. The molecule has 0 aliphatic rings. The van der Waals surface area contributed by atoms with Crippen molar-refractivity contribution in [1.29, 1.82) is 0 Å². The molecule has 100 valence electrons. The van der Waals surface area contributed by atoms with Gasteiger partial charge >= 0.3 is 0 Å². The summed E-state index contributed by atoms with van der Waals surface area (Å²) in [5, 5.41) is 3.82. The van der Waals surface area contributed by atoms with Crippen LogP contribution < -0.4 is 10.2 Å². The van der Waals surface area contributed by atoms with Crippen molar-refractivity contribution in [2.45, 2.75) is 13.5 Å². The Labute approximate surface area is 118 Å². The minimum Gasteiger partial charge on any atom is -0.373 e. The molecule has 0 radical (unpaired) electrons. The van der Waals surface area contributed by atoms with Gasteiger partial charge in [-0.05, 0) is 24.6 Å². The molecule has 5 heteroatoms. The first-order chi connectivity index (χ1) is 9.11. The van der Waals surface area contributed by atoms with Gasteiger partial charge in [0.05, 0.1) is 0 Å². The fourth-order valence-corrected chi connectivity index (χ4v) is 2.27. The largest absolute Gasteiger partial charge is 0.373 e. The highest BCUT2D eigenvalue weighted by Gasteiger charge is 2.10. The highest BCUT2D eigenvalue weighted by Crippen LogP contribution is 2.22. The van der Waals surface area contributed by atoms with Crippen LogP contribution in [0.4, 0.5) is 11.6 Å². The average molecular weight is 277 g/mol. The van der Waals surface area contributed by atoms with Gasteiger partial charge in [0.15, 0.2) is 0 Å². The Hall–Kier alpha value is -1.81. The summed E-state index contributed by atoms with van der Waals surface area (Å²) in [5.41, 5.74) is 2.19. The summed E-state index contributed by atoms with van der Waals surface area (Å²) >= 11 is 6.00. The normalized spacial score (nSPS) is 10.3. The Kier molecular flexibility index (Phi) is 4.22. The van der Waals surface area contributed by atoms with Crippen molar-refractivity contribution < 1.29 is 0 Å². The molecular formula is C14H17ClN4. The minimum absolute atomic E-state index is 0.751. The quantitative estimate of drug-likeness (QED) is 0.932. The van der Waals surface area contributed by atoms with Crippen LogP contribution in [0.3, 0.4) is 0 Å². The molecule has 0 fully saturated rings. The van der Waals surface area contributed by atoms with Crippen molar-refractivity contribution in [3.8, 4) is 0 Å². The first-order valence-electron chi connectivity index (χ1n) is 6.06. The predicted octanol–water partition coefficient (Wildman–Crippen LogP) is 3.12. The molecule has 0 unspecified atom stereocenters. The number of rotatable bonds is 4. The van der Waals surface area contributed by atoms with E-state index >= 15 is 0 Å². The van der Waals surface area contributed by atoms with E-state index in [2.05, 4.69) is 26.3 Å². The van der Waals surface area contributed by atoms with Crippen LogP contribution in [0.15, 0.2) is 30.6 Å². The molecule has 2 aromatic rings. The second-order valence-electron chi connectivity index (χ2n) is 4.41. The number of hydrogen-bond donors (Lipinski definition) is 1. The zero-order chi connectivity index (χ0) is 13.8. The smallest absolute Gasteiger partial charge is 0.137 e. The Morgan fingerprint density at radius 1 is 1.32 bits per heavy atom. The molecule has 0 atom stereocenters. The summed E-state index contributed by atoms with van der Waals surface area (Å²) in [7, 11) is 3.87. The van der Waals surface area contributed by atoms with Crippen molar-refractivity contribution >= 4 is 23.2 Å². The maximum absolute atomic E-state index is 6.00. The summed E-state index contributed by atoms with van der Waals surface area (Å²) in [6.07, 6.45) is 1.57. The Bertz CT molecular complexity index is 571. The van der Waals surface area contributed by atoms with E-state index in [0.717, 1.165) is 34.3 Å². The van der Waals surface area contributed by atoms with Crippen molar-refractivity contribution in [2.24, 2.45) is 0 Å². The van der Waals surface area contributed by atoms with Crippen LogP contribution in [0, 0.1) is 6.92 Å². The molecule has 0 saturated carbocycles. The predicted molar refractivity (Wildman–Crippen MR) is 79.9 cm³/mol. The SMILES string of the molecule is CNc1ncnc(N(C)Cc2cccc(Cl)c2)c1C. The maximum atomic E-state index is 6.00. The first-order valence-corrected chi connectivity index (χ1v) is 6.44. The molecule has 19 heavy (non-hydrogen) atoms. The Balaban J connectivity index is 2.23. The summed E-state index contributed by atoms with van der Waals surface area (Å²) < 4.78 is 0. The van der Waals surface area contributed by atoms with E-state index in [1.54, 1.807) is 6.33 Å². The monoisotopic (exact) mass is 276 g/mol. The highest BCUT2D eigenvalue weighted by atomic mass is 35.5. The summed E-state index contributed by atoms with van der Waals surface area (Å²) in [4.78, 5) is 10.6. The molecule has 1 heterocycles. The number of benzene rings is 1. The third-order valence-corrected chi connectivity index (χ3v) is 3.20. The van der Waals surface area contributed by atoms with Crippen LogP contribution in [-0.2, 0) is 6.54 Å². The lowest BCUT2D eigenvalue weighted by atomic mass is 10.2. The fourth-order valence-electron chi connectivity index (χ4n) is 2.06. The van der Waals surface area contributed by atoms with E-state index in [9.17, 15) is 0 Å². The number of nitrogens with one attached hydrogen (secondary N) is 1. The van der Waals surface area contributed by atoms with E-state index in [0.29, 0.717) is 0 Å². The summed E-state index contributed by atoms with van der Waals surface area (Å²) in [5.74, 6) is 1.77. The van der Waals surface area contributed by atoms with Crippen LogP contribution in [0.25, 0.3) is 0 Å². The van der Waals surface area contributed by atoms with Gasteiger partial charge in [-0.15, -0.1) is 0 Å². The van der Waals surface area contributed by atoms with Gasteiger partial charge in [-0.1, -0.05) is 23.7 Å². The van der Waals surface area contributed by atoms with Gasteiger partial charge in [-0.25, -0.2) is 9.97 Å². The van der Waals surface area contributed by atoms with Crippen molar-refractivity contribution in [3.05, 3.63) is 46.7 Å². The van der Waals surface area contributed by atoms with Gasteiger partial charge in [-0.3, -0.25) is 0 Å². The number of anilines is 2. The molecule has 0 aliphatic carbocycles. The first kappa shape index (κ1) is 13.6. The lowest BCUT2D eigenvalue weighted by molar-refractivity contribution is 0.883. The summed E-state index contributed by atoms with van der Waals surface area (Å²) in [6.45, 7) is 2.76. The molecule has 0 saturated heterocycles. The highest BCUT2D eigenvalue weighted by molar-refractivity contribution is 6.30. The van der Waals surface area contributed by atoms with Crippen LogP contribution in [0.2, 0.25) is 5.02 Å². The molecule has 1 aromatic carbocycles. The third kappa shape index (κ3) is 3.15. The lowest BCUT2D eigenvalue weighted by Crippen LogP contribution is -2.19. The van der Waals surface area contributed by atoms with E-state index < -0.39 is 0 Å². The molecule has 4 nitrogen and oxygen atoms in total. The van der Waals surface area contributed by atoms with Gasteiger partial charge < -0.3 is 10.2 Å². The molecule has 1 aromatic heterocycles. The standard InChI is InChI=1S/C14H17ClN4/c1-10-13(16-2)17-9-18-14(10)19(3)8-11-5-4-6-12(15)7-11/h4-7,9H,8H2,1-3H3,(H,16,17,18). The van der Waals surface area contributed by atoms with E-state index in [1.165, 1.54) is 0 Å². The Morgan fingerprint density at radius 3 is 2.79 bits per heavy atom. The second kappa shape index (κ2) is 5.89. The van der Waals surface area contributed by atoms with E-state index in [1.807, 2.05) is 39.2 Å².